The van der Waals surface area contributed by atoms with Crippen LogP contribution in [0.15, 0.2) is 29.2 Å². The number of hydrogen-bond donors (Lipinski definition) is 3. The average molecular weight is 421 g/mol. The van der Waals surface area contributed by atoms with Crippen molar-refractivity contribution in [2.24, 2.45) is 0 Å². The molecule has 0 aliphatic heterocycles. The Morgan fingerprint density at radius 3 is 2.21 bits per heavy atom. The van der Waals surface area contributed by atoms with Crippen molar-refractivity contribution >= 4 is 33.5 Å². The zero-order valence-electron chi connectivity index (χ0n) is 16.5. The van der Waals surface area contributed by atoms with Gasteiger partial charge in [-0.2, -0.15) is 0 Å². The van der Waals surface area contributed by atoms with Crippen LogP contribution < -0.4 is 0 Å². The van der Waals surface area contributed by atoms with Crippen molar-refractivity contribution in [2.45, 2.75) is 50.7 Å². The number of phenolic OH excluding ortho intramolecular Hbond substituents is 1. The molecule has 0 saturated heterocycles. The summed E-state index contributed by atoms with van der Waals surface area (Å²) in [5.74, 6) is -1.35. The fraction of sp³-hybridized carbons (Fsp3) is 0.333. The third-order valence-corrected chi connectivity index (χ3v) is 6.81. The minimum atomic E-state index is -1.10. The lowest BCUT2D eigenvalue weighted by atomic mass is 9.83. The maximum absolute atomic E-state index is 11.4. The van der Waals surface area contributed by atoms with E-state index in [0.717, 1.165) is 22.3 Å². The van der Waals surface area contributed by atoms with Crippen LogP contribution in [0.3, 0.4) is 0 Å². The van der Waals surface area contributed by atoms with E-state index in [2.05, 4.69) is 0 Å². The summed E-state index contributed by atoms with van der Waals surface area (Å²) >= 11 is 0. The zero-order chi connectivity index (χ0) is 21.2. The first-order chi connectivity index (χ1) is 12.9. The van der Waals surface area contributed by atoms with Crippen LogP contribution in [0.4, 0.5) is 0 Å². The predicted octanol–water partition coefficient (Wildman–Crippen LogP) is 5.64. The molecule has 0 amide bonds. The second-order valence-corrected chi connectivity index (χ2v) is 9.95. The lowest BCUT2D eigenvalue weighted by molar-refractivity contribution is 0.0678. The molecule has 0 spiro atoms. The topological polar surface area (TPSA) is 94.8 Å². The Labute approximate surface area is 172 Å². The lowest BCUT2D eigenvalue weighted by Crippen LogP contribution is -2.13. The standard InChI is InChI=1S/C21H24O5S2/c1-11-8-16(21(3,4)5)18(22)12(2)15(11)10-27-28-17-9-13(19(23)24)6-7-14(17)20(25)26/h6-9,22H,10H2,1-5H3,(H,23,24)(H,25,26). The van der Waals surface area contributed by atoms with Crippen LogP contribution in [0.1, 0.15) is 63.7 Å². The summed E-state index contributed by atoms with van der Waals surface area (Å²) in [5.41, 5.74) is 3.71. The molecule has 3 N–H and O–H groups in total. The third kappa shape index (κ3) is 4.83. The molecule has 0 heterocycles. The number of aromatic hydroxyl groups is 1. The second kappa shape index (κ2) is 8.49. The van der Waals surface area contributed by atoms with Crippen molar-refractivity contribution in [3.8, 4) is 5.75 Å². The van der Waals surface area contributed by atoms with Crippen LogP contribution in [0.2, 0.25) is 0 Å². The molecule has 2 aromatic rings. The van der Waals surface area contributed by atoms with Gasteiger partial charge in [0.05, 0.1) is 11.1 Å². The van der Waals surface area contributed by atoms with Crippen molar-refractivity contribution in [1.29, 1.82) is 0 Å². The summed E-state index contributed by atoms with van der Waals surface area (Å²) in [4.78, 5) is 23.0. The van der Waals surface area contributed by atoms with E-state index in [4.69, 9.17) is 5.11 Å². The molecule has 0 bridgehead atoms. The molecule has 28 heavy (non-hydrogen) atoms. The largest absolute Gasteiger partial charge is 0.507 e. The van der Waals surface area contributed by atoms with Crippen molar-refractivity contribution in [3.05, 3.63) is 57.6 Å². The zero-order valence-corrected chi connectivity index (χ0v) is 18.1. The average Bonchev–Trinajstić information content (AvgIpc) is 2.59. The molecule has 0 aliphatic rings. The van der Waals surface area contributed by atoms with Crippen LogP contribution in [-0.4, -0.2) is 27.3 Å². The number of hydrogen-bond acceptors (Lipinski definition) is 5. The van der Waals surface area contributed by atoms with Crippen molar-refractivity contribution in [3.63, 3.8) is 0 Å². The van der Waals surface area contributed by atoms with E-state index < -0.39 is 11.9 Å². The van der Waals surface area contributed by atoms with Crippen LogP contribution in [-0.2, 0) is 11.2 Å². The molecule has 2 aromatic carbocycles. The van der Waals surface area contributed by atoms with Gasteiger partial charge in [0.1, 0.15) is 5.75 Å². The smallest absolute Gasteiger partial charge is 0.336 e. The predicted molar refractivity (Wildman–Crippen MR) is 114 cm³/mol. The van der Waals surface area contributed by atoms with Crippen LogP contribution >= 0.6 is 21.6 Å². The molecule has 5 nitrogen and oxygen atoms in total. The Kier molecular flexibility index (Phi) is 6.72. The SMILES string of the molecule is Cc1cc(C(C)(C)C)c(O)c(C)c1CSSc1cc(C(=O)O)ccc1C(=O)O. The first-order valence-corrected chi connectivity index (χ1v) is 11.0. The van der Waals surface area contributed by atoms with Gasteiger partial charge in [0.15, 0.2) is 0 Å². The molecule has 0 atom stereocenters. The van der Waals surface area contributed by atoms with Gasteiger partial charge in [-0.15, -0.1) is 0 Å². The minimum absolute atomic E-state index is 0.0487. The summed E-state index contributed by atoms with van der Waals surface area (Å²) in [6.07, 6.45) is 0. The maximum atomic E-state index is 11.4. The summed E-state index contributed by atoms with van der Waals surface area (Å²) < 4.78 is 0. The maximum Gasteiger partial charge on any atom is 0.336 e. The molecule has 0 unspecified atom stereocenters. The number of rotatable bonds is 6. The molecule has 0 aromatic heterocycles. The minimum Gasteiger partial charge on any atom is -0.507 e. The second-order valence-electron chi connectivity index (χ2n) is 7.61. The van der Waals surface area contributed by atoms with Crippen LogP contribution in [0.25, 0.3) is 0 Å². The summed E-state index contributed by atoms with van der Waals surface area (Å²) in [6.45, 7) is 10.0. The lowest BCUT2D eigenvalue weighted by Gasteiger charge is -2.24. The molecule has 0 radical (unpaired) electrons. The van der Waals surface area contributed by atoms with E-state index in [1.807, 2.05) is 40.7 Å². The van der Waals surface area contributed by atoms with Gasteiger partial charge >= 0.3 is 11.9 Å². The number of benzene rings is 2. The Bertz CT molecular complexity index is 929. The van der Waals surface area contributed by atoms with Gasteiger partial charge in [0.25, 0.3) is 0 Å². The summed E-state index contributed by atoms with van der Waals surface area (Å²) in [6, 6.07) is 5.98. The number of aryl methyl sites for hydroxylation is 1. The van der Waals surface area contributed by atoms with Crippen molar-refractivity contribution in [1.82, 2.24) is 0 Å². The van der Waals surface area contributed by atoms with Gasteiger partial charge in [-0.1, -0.05) is 48.4 Å². The molecule has 2 rings (SSSR count). The number of carboxylic acids is 2. The van der Waals surface area contributed by atoms with Crippen molar-refractivity contribution in [2.75, 3.05) is 0 Å². The van der Waals surface area contributed by atoms with Gasteiger partial charge in [0, 0.05) is 10.6 Å². The first-order valence-electron chi connectivity index (χ1n) is 8.66. The highest BCUT2D eigenvalue weighted by Crippen LogP contribution is 2.41. The fourth-order valence-electron chi connectivity index (χ4n) is 2.86. The van der Waals surface area contributed by atoms with E-state index >= 15 is 0 Å². The van der Waals surface area contributed by atoms with Crippen molar-refractivity contribution < 1.29 is 24.9 Å². The molecule has 0 aliphatic carbocycles. The van der Waals surface area contributed by atoms with E-state index in [1.54, 1.807) is 0 Å². The van der Waals surface area contributed by atoms with E-state index in [1.165, 1.54) is 39.8 Å². The van der Waals surface area contributed by atoms with Gasteiger partial charge in [-0.05, 0) is 59.7 Å². The van der Waals surface area contributed by atoms with Gasteiger partial charge < -0.3 is 15.3 Å². The number of carboxylic acid groups (broad SMARTS) is 2. The molecule has 0 fully saturated rings. The van der Waals surface area contributed by atoms with Gasteiger partial charge in [0.2, 0.25) is 0 Å². The Balaban J connectivity index is 2.27. The molecular weight excluding hydrogens is 396 g/mol. The normalized spacial score (nSPS) is 11.5. The third-order valence-electron chi connectivity index (χ3n) is 4.52. The van der Waals surface area contributed by atoms with Crippen LogP contribution in [0, 0.1) is 13.8 Å². The highest BCUT2D eigenvalue weighted by atomic mass is 33.1. The quantitative estimate of drug-likeness (QED) is 0.520. The molecule has 7 heteroatoms. The van der Waals surface area contributed by atoms with Gasteiger partial charge in [-0.3, -0.25) is 0 Å². The summed E-state index contributed by atoms with van der Waals surface area (Å²) in [7, 11) is 2.64. The first kappa shape index (κ1) is 22.2. The van der Waals surface area contributed by atoms with E-state index in [-0.39, 0.29) is 22.3 Å². The van der Waals surface area contributed by atoms with Crippen LogP contribution in [0.5, 0.6) is 5.75 Å². The molecule has 150 valence electrons. The highest BCUT2D eigenvalue weighted by molar-refractivity contribution is 8.76. The number of phenols is 1. The Morgan fingerprint density at radius 2 is 1.68 bits per heavy atom. The number of aromatic carboxylic acids is 2. The highest BCUT2D eigenvalue weighted by Gasteiger charge is 2.22. The van der Waals surface area contributed by atoms with Gasteiger partial charge in [-0.25, -0.2) is 9.59 Å². The monoisotopic (exact) mass is 420 g/mol. The Morgan fingerprint density at radius 1 is 1.04 bits per heavy atom. The van der Waals surface area contributed by atoms with E-state index in [9.17, 15) is 19.8 Å². The summed E-state index contributed by atoms with van der Waals surface area (Å²) in [5, 5.41) is 29.1. The fourth-order valence-corrected chi connectivity index (χ4v) is 5.35. The molecular formula is C21H24O5S2. The molecule has 0 saturated carbocycles. The van der Waals surface area contributed by atoms with E-state index in [0.29, 0.717) is 10.6 Å². The number of carbonyl (C=O) groups is 2. The Hall–Kier alpha value is -2.12.